The molecule has 2 heteroatoms. The Labute approximate surface area is 67.3 Å². The lowest BCUT2D eigenvalue weighted by molar-refractivity contribution is -0.126. The van der Waals surface area contributed by atoms with Crippen LogP contribution in [0.3, 0.4) is 0 Å². The molecular weight excluding hydrogens is 140 g/mol. The molecule has 0 spiro atoms. The van der Waals surface area contributed by atoms with E-state index in [9.17, 15) is 9.59 Å². The smallest absolute Gasteiger partial charge is 0.140 e. The Morgan fingerprint density at radius 2 is 2.00 bits per heavy atom. The highest BCUT2D eigenvalue weighted by Crippen LogP contribution is 1.98. The normalized spacial score (nSPS) is 9.18. The second kappa shape index (κ2) is 5.83. The Kier molecular flexibility index (Phi) is 5.35. The number of ketones is 2. The fourth-order valence-corrected chi connectivity index (χ4v) is 0.696. The minimum absolute atomic E-state index is 0.0248. The topological polar surface area (TPSA) is 34.1 Å². The van der Waals surface area contributed by atoms with Gasteiger partial charge in [0.1, 0.15) is 11.6 Å². The van der Waals surface area contributed by atoms with Crippen LogP contribution in [0.15, 0.2) is 12.7 Å². The Balaban J connectivity index is 3.51. The molecule has 0 saturated heterocycles. The molecule has 0 bridgehead atoms. The highest BCUT2D eigenvalue weighted by Gasteiger charge is 2.05. The fraction of sp³-hybridized carbons (Fsp3) is 0.556. The molecule has 0 atom stereocenters. The first-order valence-electron chi connectivity index (χ1n) is 3.85. The van der Waals surface area contributed by atoms with Gasteiger partial charge in [0.05, 0.1) is 6.42 Å². The summed E-state index contributed by atoms with van der Waals surface area (Å²) in [5.74, 6) is 0.0517. The summed E-state index contributed by atoms with van der Waals surface area (Å²) < 4.78 is 0. The quantitative estimate of drug-likeness (QED) is 0.432. The molecule has 62 valence electrons. The fourth-order valence-electron chi connectivity index (χ4n) is 0.696. The van der Waals surface area contributed by atoms with Gasteiger partial charge in [-0.1, -0.05) is 13.0 Å². The van der Waals surface area contributed by atoms with E-state index in [0.717, 1.165) is 0 Å². The van der Waals surface area contributed by atoms with E-state index in [4.69, 9.17) is 0 Å². The summed E-state index contributed by atoms with van der Waals surface area (Å²) in [5.41, 5.74) is 0. The van der Waals surface area contributed by atoms with Crippen LogP contribution in [0, 0.1) is 0 Å². The van der Waals surface area contributed by atoms with Gasteiger partial charge in [-0.25, -0.2) is 0 Å². The molecule has 0 unspecified atom stereocenters. The molecule has 0 aliphatic rings. The second-order valence-corrected chi connectivity index (χ2v) is 2.44. The van der Waals surface area contributed by atoms with E-state index in [-0.39, 0.29) is 18.0 Å². The van der Waals surface area contributed by atoms with Crippen molar-refractivity contribution in [1.29, 1.82) is 0 Å². The summed E-state index contributed by atoms with van der Waals surface area (Å²) in [4.78, 5) is 21.6. The van der Waals surface area contributed by atoms with Gasteiger partial charge in [0, 0.05) is 12.8 Å². The maximum Gasteiger partial charge on any atom is 0.140 e. The van der Waals surface area contributed by atoms with E-state index < -0.39 is 0 Å². The molecule has 2 nitrogen and oxygen atoms in total. The van der Waals surface area contributed by atoms with E-state index in [1.807, 2.05) is 0 Å². The van der Waals surface area contributed by atoms with Crippen molar-refractivity contribution in [2.75, 3.05) is 0 Å². The van der Waals surface area contributed by atoms with Crippen molar-refractivity contribution in [3.05, 3.63) is 12.7 Å². The highest BCUT2D eigenvalue weighted by molar-refractivity contribution is 5.98. The Morgan fingerprint density at radius 3 is 2.45 bits per heavy atom. The van der Waals surface area contributed by atoms with Gasteiger partial charge in [0.25, 0.3) is 0 Å². The Bertz CT molecular complexity index is 159. The maximum atomic E-state index is 10.9. The SMILES string of the molecule is C=CCCC(=O)CC(=O)CC. The van der Waals surface area contributed by atoms with Gasteiger partial charge in [0.15, 0.2) is 0 Å². The van der Waals surface area contributed by atoms with Crippen molar-refractivity contribution in [1.82, 2.24) is 0 Å². The van der Waals surface area contributed by atoms with Gasteiger partial charge in [0.2, 0.25) is 0 Å². The van der Waals surface area contributed by atoms with Gasteiger partial charge < -0.3 is 0 Å². The van der Waals surface area contributed by atoms with Gasteiger partial charge in [-0.15, -0.1) is 6.58 Å². The molecule has 0 heterocycles. The number of hydrogen-bond donors (Lipinski definition) is 0. The summed E-state index contributed by atoms with van der Waals surface area (Å²) in [7, 11) is 0. The Hall–Kier alpha value is -0.920. The van der Waals surface area contributed by atoms with Crippen LogP contribution in [0.1, 0.15) is 32.6 Å². The van der Waals surface area contributed by atoms with Crippen LogP contribution in [-0.4, -0.2) is 11.6 Å². The van der Waals surface area contributed by atoms with E-state index in [1.54, 1.807) is 13.0 Å². The first kappa shape index (κ1) is 10.1. The average molecular weight is 154 g/mol. The molecule has 0 aromatic carbocycles. The standard InChI is InChI=1S/C9H14O2/c1-3-5-6-9(11)7-8(10)4-2/h3H,1,4-7H2,2H3. The van der Waals surface area contributed by atoms with Gasteiger partial charge >= 0.3 is 0 Å². The van der Waals surface area contributed by atoms with Crippen molar-refractivity contribution in [3.63, 3.8) is 0 Å². The van der Waals surface area contributed by atoms with Gasteiger partial charge in [-0.3, -0.25) is 9.59 Å². The van der Waals surface area contributed by atoms with Gasteiger partial charge in [-0.05, 0) is 6.42 Å². The summed E-state index contributed by atoms with van der Waals surface area (Å²) in [6.45, 7) is 5.26. The van der Waals surface area contributed by atoms with Crippen molar-refractivity contribution in [3.8, 4) is 0 Å². The first-order valence-corrected chi connectivity index (χ1v) is 3.85. The molecule has 0 aliphatic heterocycles. The maximum absolute atomic E-state index is 10.9. The molecule has 0 aromatic rings. The van der Waals surface area contributed by atoms with Crippen LogP contribution < -0.4 is 0 Å². The highest BCUT2D eigenvalue weighted by atomic mass is 16.1. The predicted molar refractivity (Wildman–Crippen MR) is 44.4 cm³/mol. The van der Waals surface area contributed by atoms with Crippen molar-refractivity contribution < 1.29 is 9.59 Å². The third-order valence-electron chi connectivity index (χ3n) is 1.42. The summed E-state index contributed by atoms with van der Waals surface area (Å²) in [5, 5.41) is 0. The van der Waals surface area contributed by atoms with Crippen LogP contribution >= 0.6 is 0 Å². The molecule has 0 saturated carbocycles. The number of hydrogen-bond acceptors (Lipinski definition) is 2. The van der Waals surface area contributed by atoms with Crippen molar-refractivity contribution in [2.45, 2.75) is 32.6 Å². The Morgan fingerprint density at radius 1 is 1.36 bits per heavy atom. The van der Waals surface area contributed by atoms with Crippen LogP contribution in [0.4, 0.5) is 0 Å². The molecule has 0 fully saturated rings. The molecule has 11 heavy (non-hydrogen) atoms. The lowest BCUT2D eigenvalue weighted by Gasteiger charge is -1.94. The molecule has 0 rings (SSSR count). The number of carbonyl (C=O) groups is 2. The zero-order valence-electron chi connectivity index (χ0n) is 6.93. The minimum Gasteiger partial charge on any atom is -0.299 e. The summed E-state index contributed by atoms with van der Waals surface area (Å²) in [6.07, 6.45) is 3.38. The molecule has 0 N–H and O–H groups in total. The van der Waals surface area contributed by atoms with Crippen LogP contribution in [-0.2, 0) is 9.59 Å². The largest absolute Gasteiger partial charge is 0.299 e. The van der Waals surface area contributed by atoms with E-state index in [0.29, 0.717) is 19.3 Å². The minimum atomic E-state index is 0.0248. The second-order valence-electron chi connectivity index (χ2n) is 2.44. The summed E-state index contributed by atoms with van der Waals surface area (Å²) in [6, 6.07) is 0. The zero-order valence-corrected chi connectivity index (χ0v) is 6.93. The zero-order chi connectivity index (χ0) is 8.69. The molecule has 0 amide bonds. The van der Waals surface area contributed by atoms with Gasteiger partial charge in [-0.2, -0.15) is 0 Å². The predicted octanol–water partition coefficient (Wildman–Crippen LogP) is 1.89. The van der Waals surface area contributed by atoms with Crippen molar-refractivity contribution >= 4 is 11.6 Å². The molecule has 0 radical (unpaired) electrons. The van der Waals surface area contributed by atoms with E-state index >= 15 is 0 Å². The molecular formula is C9H14O2. The number of carbonyl (C=O) groups excluding carboxylic acids is 2. The number of allylic oxidation sites excluding steroid dienone is 1. The van der Waals surface area contributed by atoms with Crippen LogP contribution in [0.5, 0.6) is 0 Å². The third-order valence-corrected chi connectivity index (χ3v) is 1.42. The van der Waals surface area contributed by atoms with Crippen LogP contribution in [0.25, 0.3) is 0 Å². The first-order chi connectivity index (χ1) is 5.20. The van der Waals surface area contributed by atoms with Crippen molar-refractivity contribution in [2.24, 2.45) is 0 Å². The molecule has 0 aromatic heterocycles. The lowest BCUT2D eigenvalue weighted by atomic mass is 10.1. The van der Waals surface area contributed by atoms with E-state index in [2.05, 4.69) is 6.58 Å². The number of rotatable bonds is 6. The average Bonchev–Trinajstić information content (AvgIpc) is 2.00. The summed E-state index contributed by atoms with van der Waals surface area (Å²) >= 11 is 0. The molecule has 0 aliphatic carbocycles. The van der Waals surface area contributed by atoms with Crippen LogP contribution in [0.2, 0.25) is 0 Å². The number of Topliss-reactive ketones (excluding diaryl/α,β-unsaturated/α-hetero) is 2. The lowest BCUT2D eigenvalue weighted by Crippen LogP contribution is -2.05. The van der Waals surface area contributed by atoms with E-state index in [1.165, 1.54) is 0 Å². The monoisotopic (exact) mass is 154 g/mol. The third kappa shape index (κ3) is 5.52.